The van der Waals surface area contributed by atoms with Crippen LogP contribution in [0, 0.1) is 5.92 Å². The average Bonchev–Trinajstić information content (AvgIpc) is 3.18. The molecule has 0 bridgehead atoms. The normalized spacial score (nSPS) is 17.8. The predicted octanol–water partition coefficient (Wildman–Crippen LogP) is 4.53. The molecule has 1 aromatic carbocycles. The number of aromatic nitrogens is 3. The average molecular weight is 391 g/mol. The minimum atomic E-state index is -0.0743. The van der Waals surface area contributed by atoms with Gasteiger partial charge in [0.2, 0.25) is 10.8 Å². The highest BCUT2D eigenvalue weighted by Gasteiger charge is 2.32. The Morgan fingerprint density at radius 2 is 2.04 bits per heavy atom. The molecule has 1 aliphatic rings. The molecular weight excluding hydrogens is 368 g/mol. The molecule has 26 heavy (non-hydrogen) atoms. The van der Waals surface area contributed by atoms with Gasteiger partial charge >= 0.3 is 0 Å². The summed E-state index contributed by atoms with van der Waals surface area (Å²) in [5.74, 6) is 1.67. The molecule has 138 valence electrons. The highest BCUT2D eigenvalue weighted by molar-refractivity contribution is 7.17. The van der Waals surface area contributed by atoms with Crippen LogP contribution in [0.25, 0.3) is 4.96 Å². The summed E-state index contributed by atoms with van der Waals surface area (Å²) in [6.45, 7) is 6.29. The zero-order valence-corrected chi connectivity index (χ0v) is 16.6. The summed E-state index contributed by atoms with van der Waals surface area (Å²) in [4.78, 5) is 8.55. The minimum Gasteiger partial charge on any atom is -0.492 e. The number of piperidine rings is 1. The summed E-state index contributed by atoms with van der Waals surface area (Å²) in [7, 11) is 0. The lowest BCUT2D eigenvalue weighted by atomic mass is 9.95. The largest absolute Gasteiger partial charge is 0.492 e. The van der Waals surface area contributed by atoms with Crippen molar-refractivity contribution in [2.45, 2.75) is 39.2 Å². The van der Waals surface area contributed by atoms with E-state index in [-0.39, 0.29) is 11.9 Å². The van der Waals surface area contributed by atoms with Crippen molar-refractivity contribution in [3.8, 4) is 5.88 Å². The number of fused-ring (bicyclic) bond motifs is 1. The SMILES string of the molecule is CCc1nc2sc([C@H](c3ccccc3Cl)N3CCC(C)CC3)c(O)n2n1. The Bertz CT molecular complexity index is 914. The smallest absolute Gasteiger partial charge is 0.230 e. The maximum Gasteiger partial charge on any atom is 0.230 e. The summed E-state index contributed by atoms with van der Waals surface area (Å²) < 4.78 is 1.56. The number of benzene rings is 1. The maximum absolute atomic E-state index is 10.9. The maximum atomic E-state index is 10.9. The van der Waals surface area contributed by atoms with Gasteiger partial charge in [-0.15, -0.1) is 5.10 Å². The standard InChI is InChI=1S/C19H23ClN4OS/c1-3-15-21-19-24(22-15)18(25)17(26-19)16(13-6-4-5-7-14(13)20)23-10-8-12(2)9-11-23/h4-7,12,16,25H,3,8-11H2,1-2H3/t16-/m0/s1. The van der Waals surface area contributed by atoms with E-state index in [1.54, 1.807) is 4.52 Å². The fourth-order valence-corrected chi connectivity index (χ4v) is 4.97. The van der Waals surface area contributed by atoms with E-state index in [1.165, 1.54) is 11.3 Å². The monoisotopic (exact) mass is 390 g/mol. The first-order valence-electron chi connectivity index (χ1n) is 9.14. The van der Waals surface area contributed by atoms with Gasteiger partial charge in [0.1, 0.15) is 0 Å². The van der Waals surface area contributed by atoms with Crippen LogP contribution in [0.15, 0.2) is 24.3 Å². The van der Waals surface area contributed by atoms with E-state index in [9.17, 15) is 5.11 Å². The molecule has 1 fully saturated rings. The second kappa shape index (κ2) is 7.18. The molecule has 0 unspecified atom stereocenters. The van der Waals surface area contributed by atoms with Crippen LogP contribution in [0.2, 0.25) is 5.02 Å². The van der Waals surface area contributed by atoms with Gasteiger partial charge in [-0.3, -0.25) is 4.90 Å². The van der Waals surface area contributed by atoms with Crippen LogP contribution in [0.3, 0.4) is 0 Å². The zero-order chi connectivity index (χ0) is 18.3. The van der Waals surface area contributed by atoms with E-state index in [1.807, 2.05) is 25.1 Å². The highest BCUT2D eigenvalue weighted by Crippen LogP contribution is 2.43. The molecule has 0 amide bonds. The van der Waals surface area contributed by atoms with Crippen molar-refractivity contribution < 1.29 is 5.11 Å². The third kappa shape index (κ3) is 3.10. The molecule has 1 aliphatic heterocycles. The number of thiazole rings is 1. The number of aromatic hydroxyl groups is 1. The minimum absolute atomic E-state index is 0.0743. The first-order valence-corrected chi connectivity index (χ1v) is 10.3. The Morgan fingerprint density at radius 1 is 1.31 bits per heavy atom. The Balaban J connectivity index is 1.81. The lowest BCUT2D eigenvalue weighted by molar-refractivity contribution is 0.157. The van der Waals surface area contributed by atoms with E-state index < -0.39 is 0 Å². The number of likely N-dealkylation sites (tertiary alicyclic amines) is 1. The van der Waals surface area contributed by atoms with E-state index >= 15 is 0 Å². The molecule has 0 saturated carbocycles. The second-order valence-corrected chi connectivity index (χ2v) is 8.42. The molecule has 1 N–H and O–H groups in total. The molecule has 0 radical (unpaired) electrons. The van der Waals surface area contributed by atoms with Crippen molar-refractivity contribution in [3.05, 3.63) is 45.6 Å². The first-order chi connectivity index (χ1) is 12.6. The Hall–Kier alpha value is -1.63. The van der Waals surface area contributed by atoms with Crippen molar-refractivity contribution in [1.82, 2.24) is 19.5 Å². The van der Waals surface area contributed by atoms with Crippen LogP contribution < -0.4 is 0 Å². The van der Waals surface area contributed by atoms with Crippen LogP contribution in [0.1, 0.15) is 49.0 Å². The molecule has 0 spiro atoms. The Labute approximate surface area is 162 Å². The number of rotatable bonds is 4. The van der Waals surface area contributed by atoms with Gasteiger partial charge < -0.3 is 5.11 Å². The van der Waals surface area contributed by atoms with Gasteiger partial charge in [-0.25, -0.2) is 4.98 Å². The molecule has 2 aromatic heterocycles. The molecule has 3 aromatic rings. The predicted molar refractivity (Wildman–Crippen MR) is 105 cm³/mol. The summed E-state index contributed by atoms with van der Waals surface area (Å²) >= 11 is 8.05. The Kier molecular flexibility index (Phi) is 4.90. The van der Waals surface area contributed by atoms with Crippen LogP contribution in [-0.2, 0) is 6.42 Å². The van der Waals surface area contributed by atoms with Gasteiger partial charge in [0.05, 0.1) is 10.9 Å². The first kappa shape index (κ1) is 17.8. The van der Waals surface area contributed by atoms with Gasteiger partial charge in [0, 0.05) is 11.4 Å². The zero-order valence-electron chi connectivity index (χ0n) is 15.0. The lowest BCUT2D eigenvalue weighted by Crippen LogP contribution is -2.36. The molecular formula is C19H23ClN4OS. The molecule has 1 atom stereocenters. The van der Waals surface area contributed by atoms with Crippen molar-refractivity contribution >= 4 is 27.9 Å². The van der Waals surface area contributed by atoms with Gasteiger partial charge in [-0.05, 0) is 43.5 Å². The number of hydrogen-bond acceptors (Lipinski definition) is 5. The lowest BCUT2D eigenvalue weighted by Gasteiger charge is -2.36. The highest BCUT2D eigenvalue weighted by atomic mass is 35.5. The summed E-state index contributed by atoms with van der Waals surface area (Å²) in [5, 5.41) is 16.1. The number of halogens is 1. The number of aryl methyl sites for hydroxylation is 1. The van der Waals surface area contributed by atoms with Gasteiger partial charge in [-0.2, -0.15) is 4.52 Å². The van der Waals surface area contributed by atoms with Crippen molar-refractivity contribution in [2.75, 3.05) is 13.1 Å². The summed E-state index contributed by atoms with van der Waals surface area (Å²) in [5.41, 5.74) is 1.03. The fourth-order valence-electron chi connectivity index (χ4n) is 3.61. The molecule has 7 heteroatoms. The van der Waals surface area contributed by atoms with Crippen molar-refractivity contribution in [1.29, 1.82) is 0 Å². The number of nitrogens with zero attached hydrogens (tertiary/aromatic N) is 4. The quantitative estimate of drug-likeness (QED) is 0.710. The second-order valence-electron chi connectivity index (χ2n) is 7.01. The fraction of sp³-hybridized carbons (Fsp3) is 0.474. The van der Waals surface area contributed by atoms with Crippen molar-refractivity contribution in [3.63, 3.8) is 0 Å². The molecule has 3 heterocycles. The van der Waals surface area contributed by atoms with Crippen LogP contribution in [0.5, 0.6) is 5.88 Å². The van der Waals surface area contributed by atoms with Crippen LogP contribution in [-0.4, -0.2) is 37.7 Å². The van der Waals surface area contributed by atoms with E-state index in [4.69, 9.17) is 11.6 Å². The summed E-state index contributed by atoms with van der Waals surface area (Å²) in [6, 6.07) is 7.84. The topological polar surface area (TPSA) is 53.7 Å². The van der Waals surface area contributed by atoms with E-state index in [2.05, 4.69) is 28.0 Å². The van der Waals surface area contributed by atoms with Crippen molar-refractivity contribution in [2.24, 2.45) is 5.92 Å². The molecule has 4 rings (SSSR count). The Morgan fingerprint density at radius 3 is 2.69 bits per heavy atom. The van der Waals surface area contributed by atoms with E-state index in [0.29, 0.717) is 0 Å². The van der Waals surface area contributed by atoms with Gasteiger partial charge in [0.25, 0.3) is 0 Å². The van der Waals surface area contributed by atoms with Crippen LogP contribution >= 0.6 is 22.9 Å². The summed E-state index contributed by atoms with van der Waals surface area (Å²) in [6.07, 6.45) is 3.06. The van der Waals surface area contributed by atoms with E-state index in [0.717, 1.165) is 64.5 Å². The number of hydrogen-bond donors (Lipinski definition) is 1. The third-order valence-corrected chi connectivity index (χ3v) is 6.61. The molecule has 5 nitrogen and oxygen atoms in total. The van der Waals surface area contributed by atoms with Crippen LogP contribution in [0.4, 0.5) is 0 Å². The molecule has 0 aliphatic carbocycles. The van der Waals surface area contributed by atoms with Gasteiger partial charge in [0.15, 0.2) is 5.82 Å². The molecule has 1 saturated heterocycles. The van der Waals surface area contributed by atoms with Gasteiger partial charge in [-0.1, -0.05) is 55.0 Å². The third-order valence-electron chi connectivity index (χ3n) is 5.19.